The molecule has 0 saturated heterocycles. The van der Waals surface area contributed by atoms with Gasteiger partial charge in [0.1, 0.15) is 11.3 Å². The minimum absolute atomic E-state index is 0.00569. The predicted octanol–water partition coefficient (Wildman–Crippen LogP) is 2.48. The number of hydrogen-bond acceptors (Lipinski definition) is 5. The zero-order chi connectivity index (χ0) is 14.0. The van der Waals surface area contributed by atoms with Gasteiger partial charge >= 0.3 is 0 Å². The quantitative estimate of drug-likeness (QED) is 0.652. The fraction of sp³-hybridized carbons (Fsp3) is 0.143. The number of Topliss-reactive ketones (excluding diaryl/α,β-unsaturated/α-hetero) is 1. The number of nitrogens with one attached hydrogen (secondary N) is 1. The van der Waals surface area contributed by atoms with Crippen LogP contribution in [0.25, 0.3) is 0 Å². The van der Waals surface area contributed by atoms with E-state index in [0.29, 0.717) is 17.1 Å². The number of rotatable bonds is 3. The van der Waals surface area contributed by atoms with Crippen molar-refractivity contribution in [2.24, 2.45) is 0 Å². The van der Waals surface area contributed by atoms with Gasteiger partial charge in [-0.05, 0) is 26.0 Å². The van der Waals surface area contributed by atoms with Crippen LogP contribution in [0.15, 0.2) is 39.5 Å². The molecule has 0 aliphatic rings. The molecule has 0 aliphatic heterocycles. The Morgan fingerprint density at radius 2 is 2.00 bits per heavy atom. The van der Waals surface area contributed by atoms with Gasteiger partial charge in [0.2, 0.25) is 5.88 Å². The van der Waals surface area contributed by atoms with Crippen molar-refractivity contribution in [1.82, 2.24) is 0 Å². The maximum Gasteiger partial charge on any atom is 0.212 e. The Hall–Kier alpha value is -2.56. The van der Waals surface area contributed by atoms with E-state index in [1.807, 2.05) is 0 Å². The molecule has 5 nitrogen and oxygen atoms in total. The minimum Gasteiger partial charge on any atom is -0.445 e. The van der Waals surface area contributed by atoms with Crippen molar-refractivity contribution in [1.29, 1.82) is 0 Å². The molecule has 19 heavy (non-hydrogen) atoms. The summed E-state index contributed by atoms with van der Waals surface area (Å²) >= 11 is 0. The topological polar surface area (TPSA) is 85.3 Å². The van der Waals surface area contributed by atoms with Gasteiger partial charge in [0.05, 0.1) is 11.4 Å². The van der Waals surface area contributed by atoms with E-state index < -0.39 is 0 Å². The summed E-state index contributed by atoms with van der Waals surface area (Å²) in [6.07, 6.45) is 0. The highest BCUT2D eigenvalue weighted by molar-refractivity contribution is 5.99. The minimum atomic E-state index is -0.367. The van der Waals surface area contributed by atoms with Gasteiger partial charge in [-0.3, -0.25) is 9.59 Å². The van der Waals surface area contributed by atoms with E-state index in [9.17, 15) is 9.59 Å². The Kier molecular flexibility index (Phi) is 3.37. The predicted molar refractivity (Wildman–Crippen MR) is 73.9 cm³/mol. The lowest BCUT2D eigenvalue weighted by atomic mass is 10.1. The second-order valence-electron chi connectivity index (χ2n) is 4.19. The zero-order valence-electron chi connectivity index (χ0n) is 10.7. The molecular formula is C14H14N2O3. The molecule has 0 radical (unpaired) electrons. The van der Waals surface area contributed by atoms with Crippen molar-refractivity contribution in [2.45, 2.75) is 13.8 Å². The number of anilines is 3. The first-order chi connectivity index (χ1) is 8.99. The molecule has 98 valence electrons. The highest BCUT2D eigenvalue weighted by atomic mass is 16.4. The number of nitrogen functional groups attached to an aromatic ring is 1. The highest BCUT2D eigenvalue weighted by Crippen LogP contribution is 2.24. The molecule has 0 atom stereocenters. The molecule has 3 N–H and O–H groups in total. The Balaban J connectivity index is 2.54. The molecule has 0 unspecified atom stereocenters. The average molecular weight is 258 g/mol. The SMILES string of the molecule is CC(=O)c1c(Nc2ccccc2N)oc(C)cc1=O. The van der Waals surface area contributed by atoms with Gasteiger partial charge in [0.15, 0.2) is 11.2 Å². The number of para-hydroxylation sites is 2. The largest absolute Gasteiger partial charge is 0.445 e. The third kappa shape index (κ3) is 2.65. The number of hydrogen-bond donors (Lipinski definition) is 2. The average Bonchev–Trinajstić information content (AvgIpc) is 2.30. The van der Waals surface area contributed by atoms with Gasteiger partial charge in [0, 0.05) is 6.07 Å². The number of ketones is 1. The molecule has 2 aromatic rings. The Morgan fingerprint density at radius 1 is 1.32 bits per heavy atom. The van der Waals surface area contributed by atoms with Crippen LogP contribution in [0.5, 0.6) is 0 Å². The maximum absolute atomic E-state index is 11.8. The van der Waals surface area contributed by atoms with E-state index in [0.717, 1.165) is 0 Å². The van der Waals surface area contributed by atoms with Gasteiger partial charge in [-0.25, -0.2) is 0 Å². The van der Waals surface area contributed by atoms with Crippen LogP contribution in [0.1, 0.15) is 23.0 Å². The zero-order valence-corrected chi connectivity index (χ0v) is 10.7. The van der Waals surface area contributed by atoms with Crippen LogP contribution in [-0.4, -0.2) is 5.78 Å². The lowest BCUT2D eigenvalue weighted by Crippen LogP contribution is -2.15. The van der Waals surface area contributed by atoms with Crippen molar-refractivity contribution >= 4 is 23.0 Å². The standard InChI is InChI=1S/C14H14N2O3/c1-8-7-12(18)13(9(2)17)14(19-8)16-11-6-4-3-5-10(11)15/h3-7,16H,15H2,1-2H3. The van der Waals surface area contributed by atoms with Crippen LogP contribution in [0.3, 0.4) is 0 Å². The normalized spacial score (nSPS) is 10.2. The van der Waals surface area contributed by atoms with Gasteiger partial charge in [-0.15, -0.1) is 0 Å². The van der Waals surface area contributed by atoms with Crippen LogP contribution < -0.4 is 16.5 Å². The van der Waals surface area contributed by atoms with Gasteiger partial charge in [0.25, 0.3) is 0 Å². The monoisotopic (exact) mass is 258 g/mol. The first-order valence-corrected chi connectivity index (χ1v) is 5.76. The van der Waals surface area contributed by atoms with E-state index in [2.05, 4.69) is 5.32 Å². The fourth-order valence-electron chi connectivity index (χ4n) is 1.76. The highest BCUT2D eigenvalue weighted by Gasteiger charge is 2.16. The van der Waals surface area contributed by atoms with Crippen LogP contribution in [0.4, 0.5) is 17.3 Å². The third-order valence-corrected chi connectivity index (χ3v) is 2.63. The van der Waals surface area contributed by atoms with E-state index in [1.165, 1.54) is 13.0 Å². The lowest BCUT2D eigenvalue weighted by molar-refractivity contribution is 0.101. The number of carbonyl (C=O) groups excluding carboxylic acids is 1. The first kappa shape index (κ1) is 12.9. The van der Waals surface area contributed by atoms with Crippen LogP contribution in [0.2, 0.25) is 0 Å². The molecule has 0 saturated carbocycles. The Labute approximate surface area is 110 Å². The summed E-state index contributed by atoms with van der Waals surface area (Å²) in [5.41, 5.74) is 6.51. The van der Waals surface area contributed by atoms with Crippen molar-refractivity contribution in [3.63, 3.8) is 0 Å². The fourth-order valence-corrected chi connectivity index (χ4v) is 1.76. The summed E-state index contributed by atoms with van der Waals surface area (Å²) in [6, 6.07) is 8.32. The Morgan fingerprint density at radius 3 is 2.63 bits per heavy atom. The van der Waals surface area contributed by atoms with Crippen LogP contribution in [-0.2, 0) is 0 Å². The second-order valence-corrected chi connectivity index (χ2v) is 4.19. The van der Waals surface area contributed by atoms with E-state index >= 15 is 0 Å². The van der Waals surface area contributed by atoms with Crippen LogP contribution >= 0.6 is 0 Å². The lowest BCUT2D eigenvalue weighted by Gasteiger charge is -2.11. The van der Waals surface area contributed by atoms with E-state index in [4.69, 9.17) is 10.2 Å². The van der Waals surface area contributed by atoms with Crippen molar-refractivity contribution in [2.75, 3.05) is 11.1 Å². The molecule has 0 aliphatic carbocycles. The van der Waals surface area contributed by atoms with Gasteiger partial charge < -0.3 is 15.5 Å². The summed E-state index contributed by atoms with van der Waals surface area (Å²) in [5.74, 6) is 0.188. The molecular weight excluding hydrogens is 244 g/mol. The number of aryl methyl sites for hydroxylation is 1. The van der Waals surface area contributed by atoms with Crippen LogP contribution in [0, 0.1) is 6.92 Å². The van der Waals surface area contributed by atoms with Crippen molar-refractivity contribution < 1.29 is 9.21 Å². The number of carbonyl (C=O) groups is 1. The van der Waals surface area contributed by atoms with E-state index in [1.54, 1.807) is 31.2 Å². The summed E-state index contributed by atoms with van der Waals surface area (Å²) in [5, 5.41) is 2.89. The smallest absolute Gasteiger partial charge is 0.212 e. The number of benzene rings is 1. The van der Waals surface area contributed by atoms with Crippen molar-refractivity contribution in [3.8, 4) is 0 Å². The Bertz CT molecular complexity index is 689. The summed E-state index contributed by atoms with van der Waals surface area (Å²) in [6.45, 7) is 2.96. The first-order valence-electron chi connectivity index (χ1n) is 5.76. The molecule has 1 aromatic heterocycles. The molecule has 5 heteroatoms. The molecule has 1 aromatic carbocycles. The maximum atomic E-state index is 11.8. The molecule has 2 rings (SSSR count). The molecule has 0 amide bonds. The van der Waals surface area contributed by atoms with Crippen molar-refractivity contribution in [3.05, 3.63) is 51.9 Å². The molecule has 0 spiro atoms. The van der Waals surface area contributed by atoms with Gasteiger partial charge in [-0.1, -0.05) is 12.1 Å². The van der Waals surface area contributed by atoms with Gasteiger partial charge in [-0.2, -0.15) is 0 Å². The molecule has 0 fully saturated rings. The molecule has 1 heterocycles. The van der Waals surface area contributed by atoms with E-state index in [-0.39, 0.29) is 22.7 Å². The summed E-state index contributed by atoms with van der Waals surface area (Å²) in [4.78, 5) is 23.4. The molecule has 0 bridgehead atoms. The summed E-state index contributed by atoms with van der Waals surface area (Å²) in [7, 11) is 0. The second kappa shape index (κ2) is 4.97. The number of nitrogens with two attached hydrogens (primary N) is 1. The third-order valence-electron chi connectivity index (χ3n) is 2.63. The summed E-state index contributed by atoms with van der Waals surface area (Å²) < 4.78 is 5.42.